The van der Waals surface area contributed by atoms with E-state index in [0.29, 0.717) is 11.2 Å². The molecule has 1 aliphatic carbocycles. The summed E-state index contributed by atoms with van der Waals surface area (Å²) >= 11 is 0. The molecule has 0 aromatic carbocycles. The summed E-state index contributed by atoms with van der Waals surface area (Å²) in [6.45, 7) is 6.22. The third-order valence-corrected chi connectivity index (χ3v) is 3.34. The molecule has 5 heteroatoms. The first-order valence-corrected chi connectivity index (χ1v) is 6.55. The summed E-state index contributed by atoms with van der Waals surface area (Å²) in [7, 11) is 1.65. The van der Waals surface area contributed by atoms with Crippen LogP contribution in [0.1, 0.15) is 33.1 Å². The van der Waals surface area contributed by atoms with Gasteiger partial charge in [0, 0.05) is 13.1 Å². The monoisotopic (exact) mass is 250 g/mol. The second kappa shape index (κ2) is 5.42. The molecule has 0 saturated heterocycles. The average molecular weight is 250 g/mol. The molecule has 1 saturated carbocycles. The molecule has 0 spiro atoms. The third kappa shape index (κ3) is 3.03. The van der Waals surface area contributed by atoms with Crippen molar-refractivity contribution in [2.75, 3.05) is 30.8 Å². The Kier molecular flexibility index (Phi) is 3.89. The van der Waals surface area contributed by atoms with Gasteiger partial charge in [-0.15, -0.1) is 0 Å². The van der Waals surface area contributed by atoms with Gasteiger partial charge in [0.05, 0.1) is 7.11 Å². The molecule has 1 heterocycles. The van der Waals surface area contributed by atoms with E-state index in [1.165, 1.54) is 12.8 Å². The smallest absolute Gasteiger partial charge is 0.204 e. The molecule has 0 amide bonds. The Morgan fingerprint density at radius 1 is 1.28 bits per heavy atom. The minimum absolute atomic E-state index is 0.437. The van der Waals surface area contributed by atoms with Crippen molar-refractivity contribution in [2.45, 2.75) is 33.1 Å². The van der Waals surface area contributed by atoms with Crippen LogP contribution in [-0.4, -0.2) is 30.2 Å². The van der Waals surface area contributed by atoms with Crippen LogP contribution in [0.3, 0.4) is 0 Å². The van der Waals surface area contributed by atoms with E-state index in [4.69, 9.17) is 4.74 Å². The van der Waals surface area contributed by atoms with Crippen LogP contribution < -0.4 is 15.4 Å². The van der Waals surface area contributed by atoms with Crippen LogP contribution in [0.15, 0.2) is 6.33 Å². The van der Waals surface area contributed by atoms with Crippen LogP contribution in [0.4, 0.5) is 11.6 Å². The number of anilines is 2. The Morgan fingerprint density at radius 2 is 1.94 bits per heavy atom. The van der Waals surface area contributed by atoms with Crippen molar-refractivity contribution in [1.29, 1.82) is 0 Å². The van der Waals surface area contributed by atoms with Crippen molar-refractivity contribution >= 4 is 11.6 Å². The van der Waals surface area contributed by atoms with E-state index in [2.05, 4.69) is 34.4 Å². The maximum absolute atomic E-state index is 5.41. The van der Waals surface area contributed by atoms with Gasteiger partial charge in [-0.25, -0.2) is 9.97 Å². The maximum Gasteiger partial charge on any atom is 0.204 e. The maximum atomic E-state index is 5.41. The Labute approximate surface area is 108 Å². The lowest BCUT2D eigenvalue weighted by Gasteiger charge is -2.15. The average Bonchev–Trinajstić information content (AvgIpc) is 3.12. The number of nitrogens with zero attached hydrogens (tertiary/aromatic N) is 2. The molecule has 1 aromatic heterocycles. The van der Waals surface area contributed by atoms with E-state index in [-0.39, 0.29) is 0 Å². The van der Waals surface area contributed by atoms with E-state index in [9.17, 15) is 0 Å². The number of nitrogens with one attached hydrogen (secondary N) is 2. The van der Waals surface area contributed by atoms with Crippen molar-refractivity contribution in [3.05, 3.63) is 6.33 Å². The van der Waals surface area contributed by atoms with Crippen LogP contribution in [-0.2, 0) is 0 Å². The predicted octanol–water partition coefficient (Wildman–Crippen LogP) is 2.52. The van der Waals surface area contributed by atoms with Gasteiger partial charge >= 0.3 is 0 Å². The van der Waals surface area contributed by atoms with Crippen LogP contribution >= 0.6 is 0 Å². The lowest BCUT2D eigenvalue weighted by Crippen LogP contribution is -2.14. The fourth-order valence-corrected chi connectivity index (χ4v) is 1.75. The SMILES string of the molecule is CCCNc1ncnc(NCC2(C)CC2)c1OC. The minimum Gasteiger partial charge on any atom is -0.490 e. The van der Waals surface area contributed by atoms with Gasteiger partial charge in [-0.3, -0.25) is 0 Å². The number of methoxy groups -OCH3 is 1. The largest absolute Gasteiger partial charge is 0.490 e. The first kappa shape index (κ1) is 12.9. The summed E-state index contributed by atoms with van der Waals surface area (Å²) in [5.41, 5.74) is 0.437. The first-order valence-electron chi connectivity index (χ1n) is 6.55. The highest BCUT2D eigenvalue weighted by Crippen LogP contribution is 2.45. The zero-order valence-corrected chi connectivity index (χ0v) is 11.4. The Hall–Kier alpha value is -1.52. The summed E-state index contributed by atoms with van der Waals surface area (Å²) < 4.78 is 5.41. The second-order valence-corrected chi connectivity index (χ2v) is 5.20. The van der Waals surface area contributed by atoms with Gasteiger partial charge in [-0.1, -0.05) is 13.8 Å². The van der Waals surface area contributed by atoms with E-state index in [0.717, 1.165) is 31.1 Å². The molecule has 2 N–H and O–H groups in total. The second-order valence-electron chi connectivity index (χ2n) is 5.20. The highest BCUT2D eigenvalue weighted by molar-refractivity contribution is 5.63. The molecule has 0 aliphatic heterocycles. The highest BCUT2D eigenvalue weighted by Gasteiger charge is 2.37. The molecule has 1 aromatic rings. The number of ether oxygens (including phenoxy) is 1. The van der Waals surface area contributed by atoms with Crippen molar-refractivity contribution in [1.82, 2.24) is 9.97 Å². The molecular formula is C13H22N4O. The highest BCUT2D eigenvalue weighted by atomic mass is 16.5. The van der Waals surface area contributed by atoms with Gasteiger partial charge in [-0.05, 0) is 24.7 Å². The zero-order chi connectivity index (χ0) is 13.0. The van der Waals surface area contributed by atoms with Gasteiger partial charge in [0.1, 0.15) is 6.33 Å². The molecule has 1 aliphatic rings. The van der Waals surface area contributed by atoms with Gasteiger partial charge in [0.25, 0.3) is 0 Å². The Balaban J connectivity index is 2.07. The van der Waals surface area contributed by atoms with Crippen LogP contribution in [0.5, 0.6) is 5.75 Å². The van der Waals surface area contributed by atoms with E-state index in [1.54, 1.807) is 13.4 Å². The van der Waals surface area contributed by atoms with Crippen molar-refractivity contribution in [3.8, 4) is 5.75 Å². The van der Waals surface area contributed by atoms with Crippen molar-refractivity contribution in [3.63, 3.8) is 0 Å². The lowest BCUT2D eigenvalue weighted by atomic mass is 10.1. The van der Waals surface area contributed by atoms with Gasteiger partial charge in [-0.2, -0.15) is 0 Å². The summed E-state index contributed by atoms with van der Waals surface area (Å²) in [4.78, 5) is 8.48. The van der Waals surface area contributed by atoms with Gasteiger partial charge < -0.3 is 15.4 Å². The fraction of sp³-hybridized carbons (Fsp3) is 0.692. The fourth-order valence-electron chi connectivity index (χ4n) is 1.75. The summed E-state index contributed by atoms with van der Waals surface area (Å²) in [6, 6.07) is 0. The third-order valence-electron chi connectivity index (χ3n) is 3.34. The summed E-state index contributed by atoms with van der Waals surface area (Å²) in [5.74, 6) is 2.24. The molecule has 5 nitrogen and oxygen atoms in total. The van der Waals surface area contributed by atoms with E-state index >= 15 is 0 Å². The molecule has 100 valence electrons. The van der Waals surface area contributed by atoms with Gasteiger partial charge in [0.2, 0.25) is 5.75 Å². The number of aromatic nitrogens is 2. The lowest BCUT2D eigenvalue weighted by molar-refractivity contribution is 0.414. The first-order chi connectivity index (χ1) is 8.68. The van der Waals surface area contributed by atoms with Crippen LogP contribution in [0, 0.1) is 5.41 Å². The minimum atomic E-state index is 0.437. The predicted molar refractivity (Wildman–Crippen MR) is 73.2 cm³/mol. The van der Waals surface area contributed by atoms with Crippen molar-refractivity contribution < 1.29 is 4.74 Å². The molecule has 1 fully saturated rings. The number of hydrogen-bond acceptors (Lipinski definition) is 5. The molecule has 0 atom stereocenters. The van der Waals surface area contributed by atoms with Crippen LogP contribution in [0.25, 0.3) is 0 Å². The molecule has 18 heavy (non-hydrogen) atoms. The normalized spacial score (nSPS) is 16.2. The van der Waals surface area contributed by atoms with E-state index in [1.807, 2.05) is 0 Å². The van der Waals surface area contributed by atoms with Gasteiger partial charge in [0.15, 0.2) is 11.6 Å². The number of rotatable bonds is 7. The molecule has 2 rings (SSSR count). The topological polar surface area (TPSA) is 59.1 Å². The summed E-state index contributed by atoms with van der Waals surface area (Å²) in [6.07, 6.45) is 5.19. The van der Waals surface area contributed by atoms with Crippen LogP contribution in [0.2, 0.25) is 0 Å². The molecule has 0 bridgehead atoms. The van der Waals surface area contributed by atoms with E-state index < -0.39 is 0 Å². The number of hydrogen-bond donors (Lipinski definition) is 2. The Morgan fingerprint density at radius 3 is 2.50 bits per heavy atom. The Bertz CT molecular complexity index is 404. The quantitative estimate of drug-likeness (QED) is 0.778. The molecular weight excluding hydrogens is 228 g/mol. The van der Waals surface area contributed by atoms with Crippen molar-refractivity contribution in [2.24, 2.45) is 5.41 Å². The molecule has 0 unspecified atom stereocenters. The zero-order valence-electron chi connectivity index (χ0n) is 11.4. The summed E-state index contributed by atoms with van der Waals surface area (Å²) in [5, 5.41) is 6.62. The standard InChI is InChI=1S/C13H22N4O/c1-4-7-14-11-10(18-3)12(17-9-16-11)15-8-13(2)5-6-13/h9H,4-8H2,1-3H3,(H2,14,15,16,17). The molecule has 0 radical (unpaired) electrons.